The number of aryl methyl sites for hydroxylation is 1. The summed E-state index contributed by atoms with van der Waals surface area (Å²) in [6.07, 6.45) is 5.53. The van der Waals surface area contributed by atoms with Gasteiger partial charge in [0.05, 0.1) is 6.04 Å². The van der Waals surface area contributed by atoms with Crippen LogP contribution < -0.4 is 19.4 Å². The first-order valence-corrected chi connectivity index (χ1v) is 16.0. The quantitative estimate of drug-likeness (QED) is 0.385. The number of aromatic nitrogens is 2. The van der Waals surface area contributed by atoms with Crippen molar-refractivity contribution in [3.63, 3.8) is 0 Å². The van der Waals surface area contributed by atoms with Gasteiger partial charge in [-0.15, -0.1) is 0 Å². The molecule has 1 fully saturated rings. The van der Waals surface area contributed by atoms with Crippen LogP contribution in [-0.4, -0.2) is 85.6 Å². The molecule has 1 saturated heterocycles. The topological polar surface area (TPSA) is 68.3 Å². The second-order valence-electron chi connectivity index (χ2n) is 12.6. The fourth-order valence-electron chi connectivity index (χ4n) is 7.50. The summed E-state index contributed by atoms with van der Waals surface area (Å²) < 4.78 is 6.61. The summed E-state index contributed by atoms with van der Waals surface area (Å²) in [6, 6.07) is 13.6. The second-order valence-corrected chi connectivity index (χ2v) is 12.6. The van der Waals surface area contributed by atoms with Gasteiger partial charge in [-0.05, 0) is 68.5 Å². The highest BCUT2D eigenvalue weighted by molar-refractivity contribution is 5.87. The molecule has 4 aliphatic heterocycles. The molecule has 1 atom stereocenters. The molecule has 0 bridgehead atoms. The molecule has 2 aromatic carbocycles. The number of ether oxygens (including phenoxy) is 1. The predicted molar refractivity (Wildman–Crippen MR) is 175 cm³/mol. The van der Waals surface area contributed by atoms with E-state index in [0.29, 0.717) is 32.2 Å². The lowest BCUT2D eigenvalue weighted by Gasteiger charge is -2.36. The highest BCUT2D eigenvalue weighted by Crippen LogP contribution is 2.43. The summed E-state index contributed by atoms with van der Waals surface area (Å²) in [7, 11) is 4.37. The molecule has 5 heterocycles. The highest BCUT2D eigenvalue weighted by Gasteiger charge is 2.35. The Morgan fingerprint density at radius 3 is 2.45 bits per heavy atom. The Kier molecular flexibility index (Phi) is 7.66. The Hall–Kier alpha value is -4.11. The van der Waals surface area contributed by atoms with E-state index in [1.165, 1.54) is 46.0 Å². The van der Waals surface area contributed by atoms with Gasteiger partial charge < -0.3 is 29.2 Å². The van der Waals surface area contributed by atoms with Gasteiger partial charge in [0.25, 0.3) is 0 Å². The minimum absolute atomic E-state index is 0.0164. The fourth-order valence-corrected chi connectivity index (χ4v) is 7.50. The number of nitrogens with zero attached hydrogens (tertiary/aromatic N) is 7. The van der Waals surface area contributed by atoms with Crippen molar-refractivity contribution in [2.45, 2.75) is 45.2 Å². The molecule has 230 valence electrons. The molecule has 1 amide bonds. The van der Waals surface area contributed by atoms with Gasteiger partial charge in [-0.3, -0.25) is 4.79 Å². The Morgan fingerprint density at radius 2 is 1.64 bits per heavy atom. The third-order valence-electron chi connectivity index (χ3n) is 9.89. The van der Waals surface area contributed by atoms with E-state index in [0.717, 1.165) is 62.8 Å². The number of carbonyl (C=O) groups is 1. The van der Waals surface area contributed by atoms with E-state index < -0.39 is 0 Å². The third kappa shape index (κ3) is 5.17. The molecule has 1 unspecified atom stereocenters. The summed E-state index contributed by atoms with van der Waals surface area (Å²) in [6.45, 7) is 12.5. The molecule has 4 aliphatic rings. The zero-order valence-electron chi connectivity index (χ0n) is 26.3. The number of benzene rings is 2. The molecule has 1 aromatic heterocycles. The van der Waals surface area contributed by atoms with E-state index in [-0.39, 0.29) is 11.9 Å². The van der Waals surface area contributed by atoms with Gasteiger partial charge in [-0.25, -0.2) is 0 Å². The van der Waals surface area contributed by atoms with E-state index in [1.807, 2.05) is 11.0 Å². The zero-order chi connectivity index (χ0) is 30.4. The van der Waals surface area contributed by atoms with Crippen LogP contribution in [0.5, 0.6) is 11.8 Å². The van der Waals surface area contributed by atoms with Gasteiger partial charge in [0.2, 0.25) is 5.91 Å². The number of carbonyl (C=O) groups excluding carboxylic acids is 1. The lowest BCUT2D eigenvalue weighted by atomic mass is 9.94. The van der Waals surface area contributed by atoms with Gasteiger partial charge in [-0.2, -0.15) is 9.97 Å². The standard InChI is InChI=1S/C35H43N7O2/c1-5-31(43)40-19-21-41(22-20-40)33-29-15-18-42(24(2)27-12-6-9-25-11-8-16-39(4)32(25)27)34(29)37-35(36-33)44-30-13-7-10-26-23-38(3)17-14-28(26)30/h5-7,9-10,12-13,24H,1,8,11,14-23H2,2-4H3. The minimum atomic E-state index is -0.0164. The van der Waals surface area contributed by atoms with Crippen molar-refractivity contribution in [1.29, 1.82) is 0 Å². The number of fused-ring (bicyclic) bond motifs is 3. The summed E-state index contributed by atoms with van der Waals surface area (Å²) in [5.41, 5.74) is 7.86. The lowest BCUT2D eigenvalue weighted by Crippen LogP contribution is -2.48. The van der Waals surface area contributed by atoms with E-state index in [2.05, 4.69) is 77.5 Å². The maximum Gasteiger partial charge on any atom is 0.325 e. The average Bonchev–Trinajstić information content (AvgIpc) is 3.47. The van der Waals surface area contributed by atoms with Crippen LogP contribution in [0, 0.1) is 0 Å². The van der Waals surface area contributed by atoms with Gasteiger partial charge in [0.1, 0.15) is 17.4 Å². The number of anilines is 3. The number of rotatable bonds is 6. The van der Waals surface area contributed by atoms with Crippen LogP contribution in [0.15, 0.2) is 49.1 Å². The normalized spacial score (nSPS) is 18.9. The molecule has 0 aliphatic carbocycles. The Bertz CT molecular complexity index is 1580. The summed E-state index contributed by atoms with van der Waals surface area (Å²) in [5, 5.41) is 0. The molecule has 3 aromatic rings. The first kappa shape index (κ1) is 28.6. The minimum Gasteiger partial charge on any atom is -0.424 e. The summed E-state index contributed by atoms with van der Waals surface area (Å²) in [5.74, 6) is 2.72. The van der Waals surface area contributed by atoms with Crippen molar-refractivity contribution < 1.29 is 9.53 Å². The molecular formula is C35H43N7O2. The number of likely N-dealkylation sites (N-methyl/N-ethyl adjacent to an activating group) is 1. The van der Waals surface area contributed by atoms with Crippen LogP contribution in [0.3, 0.4) is 0 Å². The van der Waals surface area contributed by atoms with Crippen molar-refractivity contribution in [2.24, 2.45) is 0 Å². The largest absolute Gasteiger partial charge is 0.424 e. The van der Waals surface area contributed by atoms with Gasteiger partial charge in [0.15, 0.2) is 0 Å². The number of para-hydroxylation sites is 1. The van der Waals surface area contributed by atoms with Gasteiger partial charge >= 0.3 is 6.01 Å². The van der Waals surface area contributed by atoms with Gasteiger partial charge in [0, 0.05) is 76.2 Å². The van der Waals surface area contributed by atoms with Crippen molar-refractivity contribution >= 4 is 23.2 Å². The zero-order valence-corrected chi connectivity index (χ0v) is 26.3. The summed E-state index contributed by atoms with van der Waals surface area (Å²) >= 11 is 0. The number of piperazine rings is 1. The molecule has 9 heteroatoms. The van der Waals surface area contributed by atoms with Crippen LogP contribution in [0.25, 0.3) is 0 Å². The van der Waals surface area contributed by atoms with Crippen molar-refractivity contribution in [3.05, 3.63) is 76.9 Å². The first-order chi connectivity index (χ1) is 21.4. The lowest BCUT2D eigenvalue weighted by molar-refractivity contribution is -0.126. The Balaban J connectivity index is 1.26. The highest BCUT2D eigenvalue weighted by atomic mass is 16.5. The first-order valence-electron chi connectivity index (χ1n) is 16.0. The molecular weight excluding hydrogens is 550 g/mol. The van der Waals surface area contributed by atoms with E-state index >= 15 is 0 Å². The van der Waals surface area contributed by atoms with Crippen molar-refractivity contribution in [1.82, 2.24) is 19.8 Å². The van der Waals surface area contributed by atoms with Crippen molar-refractivity contribution in [3.8, 4) is 11.8 Å². The smallest absolute Gasteiger partial charge is 0.325 e. The SMILES string of the molecule is C=CC(=O)N1CCN(c2nc(Oc3cccc4c3CCN(C)C4)nc3c2CCN3C(C)c2cccc3c2N(C)CCC3)CC1. The van der Waals surface area contributed by atoms with E-state index in [1.54, 1.807) is 0 Å². The van der Waals surface area contributed by atoms with Gasteiger partial charge in [-0.1, -0.05) is 36.9 Å². The maximum atomic E-state index is 12.3. The average molecular weight is 594 g/mol. The van der Waals surface area contributed by atoms with Crippen LogP contribution >= 0.6 is 0 Å². The third-order valence-corrected chi connectivity index (χ3v) is 9.89. The molecule has 9 nitrogen and oxygen atoms in total. The maximum absolute atomic E-state index is 12.3. The molecule has 0 spiro atoms. The van der Waals surface area contributed by atoms with Crippen LogP contribution in [0.4, 0.5) is 17.3 Å². The number of hydrogen-bond donors (Lipinski definition) is 0. The second kappa shape index (κ2) is 11.8. The fraction of sp³-hybridized carbons (Fsp3) is 0.457. The Morgan fingerprint density at radius 1 is 0.886 bits per heavy atom. The molecule has 0 radical (unpaired) electrons. The molecule has 44 heavy (non-hydrogen) atoms. The monoisotopic (exact) mass is 593 g/mol. The van der Waals surface area contributed by atoms with Crippen LogP contribution in [0.2, 0.25) is 0 Å². The van der Waals surface area contributed by atoms with Crippen LogP contribution in [0.1, 0.15) is 47.2 Å². The van der Waals surface area contributed by atoms with E-state index in [9.17, 15) is 4.79 Å². The predicted octanol–water partition coefficient (Wildman–Crippen LogP) is 4.60. The van der Waals surface area contributed by atoms with Crippen LogP contribution in [-0.2, 0) is 30.6 Å². The number of amides is 1. The molecule has 7 rings (SSSR count). The number of hydrogen-bond acceptors (Lipinski definition) is 8. The molecule has 0 saturated carbocycles. The Labute approximate surface area is 260 Å². The summed E-state index contributed by atoms with van der Waals surface area (Å²) in [4.78, 5) is 33.9. The van der Waals surface area contributed by atoms with E-state index in [4.69, 9.17) is 14.7 Å². The van der Waals surface area contributed by atoms with Crippen molar-refractivity contribution in [2.75, 3.05) is 74.6 Å². The molecule has 0 N–H and O–H groups in total.